The molecule has 0 N–H and O–H groups in total. The van der Waals surface area contributed by atoms with Crippen LogP contribution in [0.3, 0.4) is 0 Å². The van der Waals surface area contributed by atoms with E-state index >= 15 is 0 Å². The molecule has 0 radical (unpaired) electrons. The highest BCUT2D eigenvalue weighted by Crippen LogP contribution is 2.41. The summed E-state index contributed by atoms with van der Waals surface area (Å²) in [5.41, 5.74) is 1.48. The Labute approximate surface area is 156 Å². The zero-order valence-electron chi connectivity index (χ0n) is 15.8. The first-order valence-corrected chi connectivity index (χ1v) is 10.4. The number of carbonyl (C=O) groups is 1. The average molecular weight is 357 g/mol. The zero-order chi connectivity index (χ0) is 17.9. The summed E-state index contributed by atoms with van der Waals surface area (Å²) in [4.78, 5) is 18.4. The fraction of sp³-hybridized carbons (Fsp3) is 0.682. The third-order valence-electron chi connectivity index (χ3n) is 6.56. The minimum absolute atomic E-state index is 0.136. The lowest BCUT2D eigenvalue weighted by Gasteiger charge is -2.47. The molecule has 1 aromatic carbocycles. The Balaban J connectivity index is 1.23. The van der Waals surface area contributed by atoms with Crippen LogP contribution in [0.4, 0.5) is 0 Å². The molecule has 3 fully saturated rings. The largest absolute Gasteiger partial charge is 0.350 e. The minimum Gasteiger partial charge on any atom is -0.350 e. The number of nitrogens with zero attached hydrogens (tertiary/aromatic N) is 1. The predicted octanol–water partition coefficient (Wildman–Crippen LogP) is 4.66. The third-order valence-corrected chi connectivity index (χ3v) is 6.56. The molecule has 1 unspecified atom stereocenters. The van der Waals surface area contributed by atoms with Gasteiger partial charge in [-0.15, -0.1) is 0 Å². The van der Waals surface area contributed by atoms with E-state index in [1.165, 1.54) is 31.2 Å². The molecule has 4 nitrogen and oxygen atoms in total. The van der Waals surface area contributed by atoms with Gasteiger partial charge in [-0.2, -0.15) is 0 Å². The zero-order valence-corrected chi connectivity index (χ0v) is 15.8. The van der Waals surface area contributed by atoms with E-state index in [4.69, 9.17) is 9.57 Å². The summed E-state index contributed by atoms with van der Waals surface area (Å²) in [6.07, 6.45) is 8.88. The van der Waals surface area contributed by atoms with E-state index in [1.54, 1.807) is 5.06 Å². The van der Waals surface area contributed by atoms with E-state index in [-0.39, 0.29) is 24.2 Å². The van der Waals surface area contributed by atoms with Gasteiger partial charge in [0.1, 0.15) is 0 Å². The van der Waals surface area contributed by atoms with Crippen molar-refractivity contribution in [3.63, 3.8) is 0 Å². The summed E-state index contributed by atoms with van der Waals surface area (Å²) in [6, 6.07) is 11.1. The second-order valence-corrected chi connectivity index (χ2v) is 8.28. The van der Waals surface area contributed by atoms with E-state index in [0.717, 1.165) is 32.3 Å². The summed E-state index contributed by atoms with van der Waals surface area (Å²) in [6.45, 7) is 2.86. The van der Waals surface area contributed by atoms with Crippen molar-refractivity contribution in [1.29, 1.82) is 0 Å². The van der Waals surface area contributed by atoms with Crippen molar-refractivity contribution in [3.8, 4) is 0 Å². The molecular weight excluding hydrogens is 326 g/mol. The Morgan fingerprint density at radius 1 is 1.08 bits per heavy atom. The van der Waals surface area contributed by atoms with Crippen LogP contribution >= 0.6 is 0 Å². The maximum Gasteiger partial charge on any atom is 0.251 e. The van der Waals surface area contributed by atoms with Gasteiger partial charge < -0.3 is 4.74 Å². The van der Waals surface area contributed by atoms with E-state index in [0.29, 0.717) is 11.8 Å². The Bertz CT molecular complexity index is 591. The lowest BCUT2D eigenvalue weighted by atomic mass is 9.73. The van der Waals surface area contributed by atoms with Gasteiger partial charge in [0.15, 0.2) is 6.29 Å². The van der Waals surface area contributed by atoms with Gasteiger partial charge in [0.2, 0.25) is 0 Å². The molecule has 4 rings (SSSR count). The summed E-state index contributed by atoms with van der Waals surface area (Å²) in [5, 5.41) is 1.58. The molecule has 0 aromatic heterocycles. The van der Waals surface area contributed by atoms with Gasteiger partial charge in [0.05, 0.1) is 12.0 Å². The highest BCUT2D eigenvalue weighted by atomic mass is 16.8. The van der Waals surface area contributed by atoms with Crippen molar-refractivity contribution in [1.82, 2.24) is 5.06 Å². The SMILES string of the molecule is C[C@H]1[C@@H](CC2CCC(c3ccccc3)CC2)C(=O)N1OC1CCCCO1. The molecule has 1 amide bonds. The molecule has 0 bridgehead atoms. The van der Waals surface area contributed by atoms with Crippen LogP contribution in [0, 0.1) is 11.8 Å². The molecule has 3 aliphatic rings. The highest BCUT2D eigenvalue weighted by molar-refractivity contribution is 5.84. The molecule has 1 saturated carbocycles. The second-order valence-electron chi connectivity index (χ2n) is 8.28. The van der Waals surface area contributed by atoms with Gasteiger partial charge >= 0.3 is 0 Å². The van der Waals surface area contributed by atoms with Crippen molar-refractivity contribution in [3.05, 3.63) is 35.9 Å². The maximum atomic E-state index is 12.6. The van der Waals surface area contributed by atoms with E-state index < -0.39 is 0 Å². The molecule has 3 atom stereocenters. The number of hydrogen-bond donors (Lipinski definition) is 0. The number of ether oxygens (including phenoxy) is 1. The number of β-lactam (4-membered cyclic amide) rings is 1. The molecule has 142 valence electrons. The summed E-state index contributed by atoms with van der Waals surface area (Å²) in [5.74, 6) is 1.68. The first-order valence-electron chi connectivity index (χ1n) is 10.4. The van der Waals surface area contributed by atoms with Crippen molar-refractivity contribution < 1.29 is 14.4 Å². The van der Waals surface area contributed by atoms with Crippen molar-refractivity contribution in [2.24, 2.45) is 11.8 Å². The van der Waals surface area contributed by atoms with Crippen LogP contribution in [0.15, 0.2) is 30.3 Å². The number of benzene rings is 1. The monoisotopic (exact) mass is 357 g/mol. The third kappa shape index (κ3) is 3.81. The molecule has 2 aliphatic heterocycles. The number of hydrogen-bond acceptors (Lipinski definition) is 3. The molecule has 26 heavy (non-hydrogen) atoms. The van der Waals surface area contributed by atoms with Crippen molar-refractivity contribution in [2.45, 2.75) is 76.5 Å². The van der Waals surface area contributed by atoms with Crippen LogP contribution in [0.5, 0.6) is 0 Å². The lowest BCUT2D eigenvalue weighted by molar-refractivity contribution is -0.317. The van der Waals surface area contributed by atoms with Crippen molar-refractivity contribution >= 4 is 5.91 Å². The maximum absolute atomic E-state index is 12.6. The molecule has 1 aliphatic carbocycles. The average Bonchev–Trinajstić information content (AvgIpc) is 2.72. The van der Waals surface area contributed by atoms with Crippen LogP contribution < -0.4 is 0 Å². The van der Waals surface area contributed by atoms with Gasteiger partial charge in [-0.05, 0) is 69.3 Å². The second kappa shape index (κ2) is 8.10. The Morgan fingerprint density at radius 2 is 1.85 bits per heavy atom. The Morgan fingerprint density at radius 3 is 2.50 bits per heavy atom. The van der Waals surface area contributed by atoms with E-state index in [1.807, 2.05) is 0 Å². The summed E-state index contributed by atoms with van der Waals surface area (Å²) in [7, 11) is 0. The fourth-order valence-electron chi connectivity index (χ4n) is 4.83. The summed E-state index contributed by atoms with van der Waals surface area (Å²) < 4.78 is 5.60. The van der Waals surface area contributed by atoms with Gasteiger partial charge in [-0.25, -0.2) is 9.90 Å². The number of rotatable bonds is 5. The van der Waals surface area contributed by atoms with Gasteiger partial charge in [0, 0.05) is 13.0 Å². The number of carbonyl (C=O) groups excluding carboxylic acids is 1. The Kier molecular flexibility index (Phi) is 5.60. The van der Waals surface area contributed by atoms with Crippen LogP contribution in [-0.2, 0) is 14.4 Å². The van der Waals surface area contributed by atoms with Crippen LogP contribution in [0.1, 0.15) is 69.8 Å². The molecule has 2 saturated heterocycles. The van der Waals surface area contributed by atoms with Gasteiger partial charge in [0.25, 0.3) is 5.91 Å². The van der Waals surface area contributed by atoms with Crippen LogP contribution in [-0.4, -0.2) is 29.9 Å². The highest BCUT2D eigenvalue weighted by Gasteiger charge is 2.47. The van der Waals surface area contributed by atoms with Gasteiger partial charge in [-0.1, -0.05) is 30.3 Å². The molecule has 0 spiro atoms. The van der Waals surface area contributed by atoms with Crippen LogP contribution in [0.25, 0.3) is 0 Å². The summed E-state index contributed by atoms with van der Waals surface area (Å²) >= 11 is 0. The molecule has 4 heteroatoms. The first kappa shape index (κ1) is 18.0. The number of hydroxylamine groups is 2. The first-order chi connectivity index (χ1) is 12.7. The molecule has 1 aromatic rings. The van der Waals surface area contributed by atoms with Crippen LogP contribution in [0.2, 0.25) is 0 Å². The molecular formula is C22H31NO3. The predicted molar refractivity (Wildman–Crippen MR) is 100 cm³/mol. The smallest absolute Gasteiger partial charge is 0.251 e. The minimum atomic E-state index is -0.225. The van der Waals surface area contributed by atoms with E-state index in [9.17, 15) is 4.79 Å². The number of amides is 1. The standard InChI is InChI=1S/C22H31NO3/c1-16-20(22(24)23(16)26-21-9-5-6-14-25-21)15-17-10-12-19(13-11-17)18-7-3-2-4-8-18/h2-4,7-8,16-17,19-21H,5-6,9-15H2,1H3/t16-,17?,19?,20+,21?/m0/s1. The van der Waals surface area contributed by atoms with Gasteiger partial charge in [-0.3, -0.25) is 4.79 Å². The topological polar surface area (TPSA) is 38.8 Å². The molecule has 2 heterocycles. The Hall–Kier alpha value is -1.39. The normalized spacial score (nSPS) is 35.2. The van der Waals surface area contributed by atoms with Crippen molar-refractivity contribution in [2.75, 3.05) is 6.61 Å². The fourth-order valence-corrected chi connectivity index (χ4v) is 4.83. The van der Waals surface area contributed by atoms with E-state index in [2.05, 4.69) is 37.3 Å². The quantitative estimate of drug-likeness (QED) is 0.720. The lowest BCUT2D eigenvalue weighted by Crippen LogP contribution is -2.60.